The Morgan fingerprint density at radius 2 is 0.912 bits per heavy atom. The van der Waals surface area contributed by atoms with Crippen LogP contribution in [-0.4, -0.2) is 69.0 Å². The molecule has 0 saturated carbocycles. The van der Waals surface area contributed by atoms with Crippen LogP contribution >= 0.6 is 0 Å². The molecule has 2 heterocycles. The van der Waals surface area contributed by atoms with Crippen LogP contribution in [0.25, 0.3) is 0 Å². The fourth-order valence-electron chi connectivity index (χ4n) is 6.95. The molecule has 9 heteroatoms. The Morgan fingerprint density at radius 1 is 0.474 bits per heavy atom. The predicted molar refractivity (Wildman–Crippen MR) is 216 cm³/mol. The normalized spacial score (nSPS) is 24.6. The van der Waals surface area contributed by atoms with Crippen molar-refractivity contribution < 1.29 is 42.6 Å². The monoisotopic (exact) mass is 772 g/mol. The molecule has 298 valence electrons. The van der Waals surface area contributed by atoms with E-state index in [-0.39, 0.29) is 13.2 Å². The largest absolute Gasteiger partial charge is 0.374 e. The van der Waals surface area contributed by atoms with Crippen molar-refractivity contribution in [2.24, 2.45) is 0 Å². The van der Waals surface area contributed by atoms with E-state index in [4.69, 9.17) is 42.6 Å². The van der Waals surface area contributed by atoms with E-state index in [1.54, 1.807) is 6.08 Å². The van der Waals surface area contributed by atoms with Crippen molar-refractivity contribution in [2.45, 2.75) is 82.2 Å². The first-order valence-electron chi connectivity index (χ1n) is 19.6. The maximum Gasteiger partial charge on any atom is 0.187 e. The van der Waals surface area contributed by atoms with Gasteiger partial charge in [-0.25, -0.2) is 0 Å². The van der Waals surface area contributed by atoms with E-state index in [0.29, 0.717) is 39.6 Å². The quantitative estimate of drug-likeness (QED) is 0.0686. The second kappa shape index (κ2) is 21.9. The molecule has 0 aliphatic carbocycles. The number of rotatable bonds is 21. The van der Waals surface area contributed by atoms with Gasteiger partial charge in [0.05, 0.1) is 52.9 Å². The van der Waals surface area contributed by atoms with E-state index in [0.717, 1.165) is 27.8 Å². The molecule has 5 aromatic rings. The summed E-state index contributed by atoms with van der Waals surface area (Å²) in [7, 11) is 0. The van der Waals surface area contributed by atoms with Crippen LogP contribution in [0.3, 0.4) is 0 Å². The molecule has 0 bridgehead atoms. The van der Waals surface area contributed by atoms with Crippen LogP contribution in [0.1, 0.15) is 27.8 Å². The van der Waals surface area contributed by atoms with Crippen molar-refractivity contribution in [3.05, 3.63) is 192 Å². The standard InChI is InChI=1S/C48H52O9/c1-2-28-50-43-42(34-49-29-36-18-8-3-9-19-36)56-48(45(43)52-31-38-22-12-5-13-23-38)57-44-41(51-30-37-20-10-4-11-21-37)35-55-47(54-33-40-26-16-7-17-27-40)46(44)53-32-39-24-14-6-15-25-39/h2-27,41-48H,1,28-35H2/t41-,42+,43+,44+,45-,46-,47-,48+/m1/s1. The summed E-state index contributed by atoms with van der Waals surface area (Å²) in [4.78, 5) is 0. The van der Waals surface area contributed by atoms with Crippen molar-refractivity contribution in [3.8, 4) is 0 Å². The van der Waals surface area contributed by atoms with E-state index in [1.165, 1.54) is 0 Å². The molecule has 9 nitrogen and oxygen atoms in total. The van der Waals surface area contributed by atoms with Gasteiger partial charge in [-0.3, -0.25) is 0 Å². The third-order valence-corrected chi connectivity index (χ3v) is 9.88. The Kier molecular flexibility index (Phi) is 15.6. The zero-order chi connectivity index (χ0) is 38.9. The molecule has 0 unspecified atom stereocenters. The number of benzene rings is 5. The first-order chi connectivity index (χ1) is 28.2. The van der Waals surface area contributed by atoms with Gasteiger partial charge in [-0.1, -0.05) is 158 Å². The molecule has 0 amide bonds. The minimum absolute atomic E-state index is 0.199. The SMILES string of the molecule is C=CCO[C@@H]1[C@@H](OCc2ccccc2)[C@H](O[C@@H]2[C@@H](OCc3ccccc3)[C@H](OCc3ccccc3)OC[C@H]2OCc2ccccc2)O[C@H]1COCc1ccccc1. The van der Waals surface area contributed by atoms with Crippen molar-refractivity contribution in [1.29, 1.82) is 0 Å². The van der Waals surface area contributed by atoms with Gasteiger partial charge in [0, 0.05) is 0 Å². The summed E-state index contributed by atoms with van der Waals surface area (Å²) in [6, 6.07) is 50.1. The van der Waals surface area contributed by atoms with E-state index >= 15 is 0 Å². The summed E-state index contributed by atoms with van der Waals surface area (Å²) in [5.41, 5.74) is 5.10. The number of ether oxygens (including phenoxy) is 9. The van der Waals surface area contributed by atoms with Crippen molar-refractivity contribution in [2.75, 3.05) is 19.8 Å². The van der Waals surface area contributed by atoms with Crippen LogP contribution in [0.15, 0.2) is 164 Å². The highest BCUT2D eigenvalue weighted by molar-refractivity contribution is 5.17. The highest BCUT2D eigenvalue weighted by Gasteiger charge is 2.52. The number of hydrogen-bond acceptors (Lipinski definition) is 9. The Bertz CT molecular complexity index is 1850. The molecule has 5 aromatic carbocycles. The Morgan fingerprint density at radius 3 is 1.40 bits per heavy atom. The molecule has 2 aliphatic rings. The molecule has 0 aromatic heterocycles. The van der Waals surface area contributed by atoms with Crippen molar-refractivity contribution in [3.63, 3.8) is 0 Å². The van der Waals surface area contributed by atoms with E-state index in [1.807, 2.05) is 152 Å². The summed E-state index contributed by atoms with van der Waals surface area (Å²) >= 11 is 0. The average Bonchev–Trinajstić information content (AvgIpc) is 3.59. The van der Waals surface area contributed by atoms with Gasteiger partial charge < -0.3 is 42.6 Å². The van der Waals surface area contributed by atoms with Gasteiger partial charge >= 0.3 is 0 Å². The van der Waals surface area contributed by atoms with Gasteiger partial charge in [0.1, 0.15) is 36.6 Å². The third-order valence-electron chi connectivity index (χ3n) is 9.88. The van der Waals surface area contributed by atoms with Gasteiger partial charge in [0.25, 0.3) is 0 Å². The fourth-order valence-corrected chi connectivity index (χ4v) is 6.95. The summed E-state index contributed by atoms with van der Waals surface area (Å²) in [6.45, 7) is 6.34. The average molecular weight is 773 g/mol. The van der Waals surface area contributed by atoms with Crippen LogP contribution in [0.4, 0.5) is 0 Å². The summed E-state index contributed by atoms with van der Waals surface area (Å²) < 4.78 is 59.6. The molecule has 2 saturated heterocycles. The molecule has 0 spiro atoms. The van der Waals surface area contributed by atoms with Crippen LogP contribution in [0.5, 0.6) is 0 Å². The van der Waals surface area contributed by atoms with Gasteiger partial charge in [0.15, 0.2) is 12.6 Å². The van der Waals surface area contributed by atoms with Gasteiger partial charge in [-0.2, -0.15) is 0 Å². The molecule has 2 aliphatic heterocycles. The molecule has 57 heavy (non-hydrogen) atoms. The maximum atomic E-state index is 7.12. The molecule has 8 atom stereocenters. The predicted octanol–water partition coefficient (Wildman–Crippen LogP) is 8.21. The highest BCUT2D eigenvalue weighted by Crippen LogP contribution is 2.34. The topological polar surface area (TPSA) is 83.1 Å². The summed E-state index contributed by atoms with van der Waals surface area (Å²) in [5.74, 6) is 0. The van der Waals surface area contributed by atoms with E-state index < -0.39 is 49.2 Å². The van der Waals surface area contributed by atoms with Gasteiger partial charge in [-0.05, 0) is 27.8 Å². The molecule has 0 N–H and O–H groups in total. The molecular formula is C48H52O9. The Balaban J connectivity index is 1.18. The van der Waals surface area contributed by atoms with Crippen molar-refractivity contribution >= 4 is 0 Å². The minimum Gasteiger partial charge on any atom is -0.374 e. The van der Waals surface area contributed by atoms with Gasteiger partial charge in [0.2, 0.25) is 0 Å². The summed E-state index contributed by atoms with van der Waals surface area (Å²) in [5, 5.41) is 0. The Labute approximate surface area is 336 Å². The van der Waals surface area contributed by atoms with Gasteiger partial charge in [-0.15, -0.1) is 6.58 Å². The molecule has 0 radical (unpaired) electrons. The zero-order valence-electron chi connectivity index (χ0n) is 32.2. The lowest BCUT2D eigenvalue weighted by molar-refractivity contribution is -0.327. The van der Waals surface area contributed by atoms with Crippen molar-refractivity contribution in [1.82, 2.24) is 0 Å². The fraction of sp³-hybridized carbons (Fsp3) is 0.333. The maximum absolute atomic E-state index is 7.12. The smallest absolute Gasteiger partial charge is 0.187 e. The third kappa shape index (κ3) is 12.0. The lowest BCUT2D eigenvalue weighted by atomic mass is 10.0. The second-order valence-electron chi connectivity index (χ2n) is 14.1. The highest BCUT2D eigenvalue weighted by atomic mass is 16.8. The lowest BCUT2D eigenvalue weighted by Gasteiger charge is -2.43. The zero-order valence-corrected chi connectivity index (χ0v) is 32.2. The first kappa shape index (κ1) is 40.7. The van der Waals surface area contributed by atoms with Crippen LogP contribution in [0.2, 0.25) is 0 Å². The molecular weight excluding hydrogens is 721 g/mol. The minimum atomic E-state index is -0.891. The van der Waals surface area contributed by atoms with Crippen LogP contribution in [-0.2, 0) is 75.7 Å². The second-order valence-corrected chi connectivity index (χ2v) is 14.1. The summed E-state index contributed by atoms with van der Waals surface area (Å²) in [6.07, 6.45) is -3.63. The number of hydrogen-bond donors (Lipinski definition) is 0. The van der Waals surface area contributed by atoms with E-state index in [9.17, 15) is 0 Å². The van der Waals surface area contributed by atoms with Crippen LogP contribution < -0.4 is 0 Å². The van der Waals surface area contributed by atoms with E-state index in [2.05, 4.69) is 6.58 Å². The van der Waals surface area contributed by atoms with Crippen LogP contribution in [0, 0.1) is 0 Å². The molecule has 2 fully saturated rings. The molecule has 7 rings (SSSR count). The lowest BCUT2D eigenvalue weighted by Crippen LogP contribution is -2.58. The first-order valence-corrected chi connectivity index (χ1v) is 19.6. The Hall–Kier alpha value is -4.52.